The Labute approximate surface area is 95.4 Å². The first-order chi connectivity index (χ1) is 7.69. The standard InChI is InChI=1S/C13H16O3/c1-8-10(14)5-4-9-11(15-2)6-7-12(16-3)13(8)9/h6-8H,4-5H2,1-3H3. The van der Waals surface area contributed by atoms with E-state index < -0.39 is 0 Å². The number of carbonyl (C=O) groups excluding carboxylic acids is 1. The lowest BCUT2D eigenvalue weighted by Crippen LogP contribution is -2.19. The fourth-order valence-corrected chi connectivity index (χ4v) is 2.35. The van der Waals surface area contributed by atoms with Crippen LogP contribution in [0.25, 0.3) is 0 Å². The molecule has 16 heavy (non-hydrogen) atoms. The number of ether oxygens (including phenoxy) is 2. The number of benzene rings is 1. The molecule has 0 heterocycles. The van der Waals surface area contributed by atoms with E-state index in [1.54, 1.807) is 14.2 Å². The van der Waals surface area contributed by atoms with Crippen LogP contribution in [0, 0.1) is 0 Å². The van der Waals surface area contributed by atoms with Gasteiger partial charge in [0.25, 0.3) is 0 Å². The average molecular weight is 220 g/mol. The summed E-state index contributed by atoms with van der Waals surface area (Å²) < 4.78 is 10.7. The Balaban J connectivity index is 2.61. The van der Waals surface area contributed by atoms with Gasteiger partial charge in [-0.2, -0.15) is 0 Å². The second kappa shape index (κ2) is 4.16. The van der Waals surface area contributed by atoms with Gasteiger partial charge in [-0.1, -0.05) is 6.92 Å². The predicted molar refractivity (Wildman–Crippen MR) is 61.3 cm³/mol. The molecule has 0 aromatic heterocycles. The largest absolute Gasteiger partial charge is 0.496 e. The zero-order valence-electron chi connectivity index (χ0n) is 9.87. The van der Waals surface area contributed by atoms with Crippen molar-refractivity contribution in [3.63, 3.8) is 0 Å². The van der Waals surface area contributed by atoms with Crippen LogP contribution in [0.5, 0.6) is 11.5 Å². The topological polar surface area (TPSA) is 35.5 Å². The van der Waals surface area contributed by atoms with E-state index in [1.165, 1.54) is 0 Å². The normalized spacial score (nSPS) is 19.2. The Morgan fingerprint density at radius 3 is 2.38 bits per heavy atom. The number of ketones is 1. The summed E-state index contributed by atoms with van der Waals surface area (Å²) in [6.07, 6.45) is 1.34. The van der Waals surface area contributed by atoms with Crippen LogP contribution in [-0.2, 0) is 11.2 Å². The van der Waals surface area contributed by atoms with E-state index >= 15 is 0 Å². The number of fused-ring (bicyclic) bond motifs is 1. The minimum absolute atomic E-state index is 0.0891. The predicted octanol–water partition coefficient (Wildman–Crippen LogP) is 2.32. The zero-order valence-corrected chi connectivity index (χ0v) is 9.87. The molecule has 1 aliphatic rings. The SMILES string of the molecule is COc1ccc(OC)c2c1CCC(=O)C2C. The number of rotatable bonds is 2. The lowest BCUT2D eigenvalue weighted by molar-refractivity contribution is -0.120. The molecular formula is C13H16O3. The molecule has 0 amide bonds. The van der Waals surface area contributed by atoms with Crippen molar-refractivity contribution in [1.82, 2.24) is 0 Å². The van der Waals surface area contributed by atoms with Crippen LogP contribution in [0.4, 0.5) is 0 Å². The first kappa shape index (κ1) is 11.0. The highest BCUT2D eigenvalue weighted by Crippen LogP contribution is 2.40. The molecule has 0 bridgehead atoms. The molecule has 0 fully saturated rings. The van der Waals surface area contributed by atoms with Gasteiger partial charge in [-0.25, -0.2) is 0 Å². The van der Waals surface area contributed by atoms with Gasteiger partial charge in [0.2, 0.25) is 0 Å². The van der Waals surface area contributed by atoms with Crippen LogP contribution in [0.2, 0.25) is 0 Å². The second-order valence-corrected chi connectivity index (χ2v) is 4.05. The van der Waals surface area contributed by atoms with Crippen molar-refractivity contribution in [1.29, 1.82) is 0 Å². The van der Waals surface area contributed by atoms with Gasteiger partial charge in [-0.3, -0.25) is 4.79 Å². The molecule has 0 radical (unpaired) electrons. The fraction of sp³-hybridized carbons (Fsp3) is 0.462. The Kier molecular flexibility index (Phi) is 2.86. The molecule has 1 atom stereocenters. The first-order valence-electron chi connectivity index (χ1n) is 5.45. The summed E-state index contributed by atoms with van der Waals surface area (Å²) in [6, 6.07) is 3.77. The second-order valence-electron chi connectivity index (χ2n) is 4.05. The number of carbonyl (C=O) groups is 1. The molecule has 86 valence electrons. The third-order valence-corrected chi connectivity index (χ3v) is 3.25. The molecule has 0 N–H and O–H groups in total. The number of hydrogen-bond donors (Lipinski definition) is 0. The van der Waals surface area contributed by atoms with Crippen molar-refractivity contribution in [3.05, 3.63) is 23.3 Å². The number of hydrogen-bond acceptors (Lipinski definition) is 3. The van der Waals surface area contributed by atoms with Crippen LogP contribution in [0.3, 0.4) is 0 Å². The minimum atomic E-state index is -0.0891. The summed E-state index contributed by atoms with van der Waals surface area (Å²) in [5, 5.41) is 0. The van der Waals surface area contributed by atoms with E-state index in [0.29, 0.717) is 6.42 Å². The smallest absolute Gasteiger partial charge is 0.140 e. The van der Waals surface area contributed by atoms with Crippen LogP contribution in [0.15, 0.2) is 12.1 Å². The molecule has 3 nitrogen and oxygen atoms in total. The van der Waals surface area contributed by atoms with Crippen molar-refractivity contribution in [3.8, 4) is 11.5 Å². The summed E-state index contributed by atoms with van der Waals surface area (Å²) in [6.45, 7) is 1.93. The molecule has 1 aromatic carbocycles. The van der Waals surface area contributed by atoms with Crippen LogP contribution in [-0.4, -0.2) is 20.0 Å². The Morgan fingerprint density at radius 1 is 1.12 bits per heavy atom. The maximum Gasteiger partial charge on any atom is 0.140 e. The van der Waals surface area contributed by atoms with Gasteiger partial charge in [-0.15, -0.1) is 0 Å². The Morgan fingerprint density at radius 2 is 1.75 bits per heavy atom. The van der Waals surface area contributed by atoms with Crippen molar-refractivity contribution in [2.24, 2.45) is 0 Å². The zero-order chi connectivity index (χ0) is 11.7. The maximum atomic E-state index is 11.7. The van der Waals surface area contributed by atoms with E-state index in [9.17, 15) is 4.79 Å². The molecule has 1 aromatic rings. The van der Waals surface area contributed by atoms with E-state index in [0.717, 1.165) is 29.0 Å². The molecule has 1 unspecified atom stereocenters. The first-order valence-corrected chi connectivity index (χ1v) is 5.45. The third-order valence-electron chi connectivity index (χ3n) is 3.25. The number of Topliss-reactive ketones (excluding diaryl/α,β-unsaturated/α-hetero) is 1. The van der Waals surface area contributed by atoms with Gasteiger partial charge in [-0.05, 0) is 18.6 Å². The summed E-state index contributed by atoms with van der Waals surface area (Å²) in [4.78, 5) is 11.7. The molecule has 0 aliphatic heterocycles. The monoisotopic (exact) mass is 220 g/mol. The summed E-state index contributed by atoms with van der Waals surface area (Å²) in [5.74, 6) is 1.83. The summed E-state index contributed by atoms with van der Waals surface area (Å²) >= 11 is 0. The van der Waals surface area contributed by atoms with Crippen LogP contribution in [0.1, 0.15) is 30.4 Å². The lowest BCUT2D eigenvalue weighted by atomic mass is 9.82. The van der Waals surface area contributed by atoms with Gasteiger partial charge in [0.05, 0.1) is 14.2 Å². The van der Waals surface area contributed by atoms with E-state index in [1.807, 2.05) is 19.1 Å². The van der Waals surface area contributed by atoms with Gasteiger partial charge in [0, 0.05) is 23.5 Å². The maximum absolute atomic E-state index is 11.7. The minimum Gasteiger partial charge on any atom is -0.496 e. The average Bonchev–Trinajstić information content (AvgIpc) is 2.32. The van der Waals surface area contributed by atoms with Crippen LogP contribution < -0.4 is 9.47 Å². The Hall–Kier alpha value is -1.51. The molecular weight excluding hydrogens is 204 g/mol. The Bertz CT molecular complexity index is 423. The van der Waals surface area contributed by atoms with Crippen molar-refractivity contribution < 1.29 is 14.3 Å². The van der Waals surface area contributed by atoms with Gasteiger partial charge >= 0.3 is 0 Å². The van der Waals surface area contributed by atoms with Crippen molar-refractivity contribution >= 4 is 5.78 Å². The highest BCUT2D eigenvalue weighted by Gasteiger charge is 2.29. The molecule has 0 saturated carbocycles. The van der Waals surface area contributed by atoms with Crippen molar-refractivity contribution in [2.45, 2.75) is 25.7 Å². The molecule has 3 heteroatoms. The fourth-order valence-electron chi connectivity index (χ4n) is 2.35. The molecule has 2 rings (SSSR count). The van der Waals surface area contributed by atoms with Gasteiger partial charge < -0.3 is 9.47 Å². The van der Waals surface area contributed by atoms with E-state index in [-0.39, 0.29) is 11.7 Å². The molecule has 0 spiro atoms. The quantitative estimate of drug-likeness (QED) is 0.767. The number of methoxy groups -OCH3 is 2. The summed E-state index contributed by atoms with van der Waals surface area (Å²) in [7, 11) is 3.29. The van der Waals surface area contributed by atoms with Crippen LogP contribution >= 0.6 is 0 Å². The van der Waals surface area contributed by atoms with E-state index in [4.69, 9.17) is 9.47 Å². The highest BCUT2D eigenvalue weighted by molar-refractivity contribution is 5.89. The van der Waals surface area contributed by atoms with Gasteiger partial charge in [0.1, 0.15) is 17.3 Å². The summed E-state index contributed by atoms with van der Waals surface area (Å²) in [5.41, 5.74) is 2.12. The highest BCUT2D eigenvalue weighted by atomic mass is 16.5. The molecule has 1 aliphatic carbocycles. The van der Waals surface area contributed by atoms with Gasteiger partial charge in [0.15, 0.2) is 0 Å². The third kappa shape index (κ3) is 1.56. The lowest BCUT2D eigenvalue weighted by Gasteiger charge is -2.25. The van der Waals surface area contributed by atoms with E-state index in [2.05, 4.69) is 0 Å². The van der Waals surface area contributed by atoms with Crippen molar-refractivity contribution in [2.75, 3.05) is 14.2 Å². The molecule has 0 saturated heterocycles.